The van der Waals surface area contributed by atoms with E-state index in [2.05, 4.69) is 5.32 Å². The zero-order valence-corrected chi connectivity index (χ0v) is 11.2. The number of carbonyl (C=O) groups is 2. The minimum absolute atomic E-state index is 0.0451. The first-order chi connectivity index (χ1) is 8.22. The molecular formula is C12H21NO3S. The van der Waals surface area contributed by atoms with Crippen molar-refractivity contribution in [1.82, 2.24) is 5.32 Å². The molecule has 1 N–H and O–H groups in total. The molecule has 1 saturated heterocycles. The lowest BCUT2D eigenvalue weighted by Gasteiger charge is -2.21. The Morgan fingerprint density at radius 3 is 2.65 bits per heavy atom. The van der Waals surface area contributed by atoms with Crippen molar-refractivity contribution >= 4 is 23.6 Å². The van der Waals surface area contributed by atoms with Gasteiger partial charge in [0.2, 0.25) is 5.91 Å². The number of esters is 1. The molecule has 1 rings (SSSR count). The van der Waals surface area contributed by atoms with Crippen LogP contribution in [0.25, 0.3) is 0 Å². The molecule has 17 heavy (non-hydrogen) atoms. The molecule has 0 aromatic heterocycles. The summed E-state index contributed by atoms with van der Waals surface area (Å²) in [7, 11) is 0. The molecule has 1 aliphatic rings. The quantitative estimate of drug-likeness (QED) is 0.736. The van der Waals surface area contributed by atoms with E-state index in [-0.39, 0.29) is 24.7 Å². The van der Waals surface area contributed by atoms with Crippen LogP contribution in [0.3, 0.4) is 0 Å². The first-order valence-electron chi connectivity index (χ1n) is 6.22. The number of amides is 1. The normalized spacial score (nSPS) is 16.5. The maximum atomic E-state index is 11.5. The van der Waals surface area contributed by atoms with Crippen LogP contribution < -0.4 is 5.32 Å². The van der Waals surface area contributed by atoms with E-state index in [1.165, 1.54) is 24.3 Å². The molecule has 1 heterocycles. The number of carbonyl (C=O) groups excluding carboxylic acids is 2. The molecular weight excluding hydrogens is 238 g/mol. The van der Waals surface area contributed by atoms with E-state index in [0.717, 1.165) is 6.54 Å². The predicted molar refractivity (Wildman–Crippen MR) is 68.9 cm³/mol. The average Bonchev–Trinajstić information content (AvgIpc) is 2.35. The summed E-state index contributed by atoms with van der Waals surface area (Å²) in [5.74, 6) is 2.67. The van der Waals surface area contributed by atoms with Crippen LogP contribution in [0.5, 0.6) is 0 Å². The first-order valence-corrected chi connectivity index (χ1v) is 7.38. The van der Waals surface area contributed by atoms with Crippen molar-refractivity contribution in [3.05, 3.63) is 0 Å². The zero-order valence-electron chi connectivity index (χ0n) is 10.4. The van der Waals surface area contributed by atoms with Crippen LogP contribution in [0.2, 0.25) is 0 Å². The summed E-state index contributed by atoms with van der Waals surface area (Å²) < 4.78 is 4.77. The number of ether oxygens (including phenoxy) is 1. The van der Waals surface area contributed by atoms with Gasteiger partial charge in [-0.3, -0.25) is 9.59 Å². The number of thioether (sulfide) groups is 1. The molecule has 0 spiro atoms. The van der Waals surface area contributed by atoms with Crippen molar-refractivity contribution in [3.63, 3.8) is 0 Å². The highest BCUT2D eigenvalue weighted by molar-refractivity contribution is 7.99. The highest BCUT2D eigenvalue weighted by Crippen LogP contribution is 2.21. The van der Waals surface area contributed by atoms with Gasteiger partial charge in [0.15, 0.2) is 0 Å². The van der Waals surface area contributed by atoms with E-state index >= 15 is 0 Å². The smallest absolute Gasteiger partial charge is 0.306 e. The third kappa shape index (κ3) is 6.56. The lowest BCUT2D eigenvalue weighted by atomic mass is 10.0. The van der Waals surface area contributed by atoms with Gasteiger partial charge >= 0.3 is 5.97 Å². The van der Waals surface area contributed by atoms with Crippen LogP contribution in [0.4, 0.5) is 0 Å². The highest BCUT2D eigenvalue weighted by Gasteiger charge is 2.14. The van der Waals surface area contributed by atoms with Crippen LogP contribution >= 0.6 is 11.8 Å². The maximum Gasteiger partial charge on any atom is 0.306 e. The fourth-order valence-corrected chi connectivity index (χ4v) is 2.95. The molecule has 0 unspecified atom stereocenters. The molecule has 1 aliphatic heterocycles. The van der Waals surface area contributed by atoms with E-state index in [9.17, 15) is 9.59 Å². The average molecular weight is 259 g/mol. The Balaban J connectivity index is 2.06. The number of hydrogen-bond donors (Lipinski definition) is 1. The predicted octanol–water partition coefficient (Wildman–Crippen LogP) is 1.59. The SMILES string of the molecule is CCOC(=O)CCC(=O)NCC1CCSCC1. The van der Waals surface area contributed by atoms with Crippen molar-refractivity contribution in [2.75, 3.05) is 24.7 Å². The molecule has 0 atom stereocenters. The fraction of sp³-hybridized carbons (Fsp3) is 0.833. The van der Waals surface area contributed by atoms with Gasteiger partial charge in [-0.05, 0) is 37.2 Å². The van der Waals surface area contributed by atoms with Crippen molar-refractivity contribution in [1.29, 1.82) is 0 Å². The summed E-state index contributed by atoms with van der Waals surface area (Å²) >= 11 is 1.98. The minimum Gasteiger partial charge on any atom is -0.466 e. The Morgan fingerprint density at radius 2 is 2.00 bits per heavy atom. The van der Waals surface area contributed by atoms with Gasteiger partial charge in [0, 0.05) is 13.0 Å². The van der Waals surface area contributed by atoms with Gasteiger partial charge in [-0.1, -0.05) is 0 Å². The van der Waals surface area contributed by atoms with Crippen LogP contribution in [0, 0.1) is 5.92 Å². The van der Waals surface area contributed by atoms with Crippen molar-refractivity contribution in [3.8, 4) is 0 Å². The molecule has 98 valence electrons. The van der Waals surface area contributed by atoms with Gasteiger partial charge in [-0.2, -0.15) is 11.8 Å². The van der Waals surface area contributed by atoms with Crippen molar-refractivity contribution in [2.24, 2.45) is 5.92 Å². The van der Waals surface area contributed by atoms with Gasteiger partial charge < -0.3 is 10.1 Å². The van der Waals surface area contributed by atoms with Gasteiger partial charge in [0.25, 0.3) is 0 Å². The van der Waals surface area contributed by atoms with Gasteiger partial charge in [0.05, 0.1) is 13.0 Å². The molecule has 4 nitrogen and oxygen atoms in total. The minimum atomic E-state index is -0.295. The van der Waals surface area contributed by atoms with Crippen LogP contribution in [0.1, 0.15) is 32.6 Å². The second-order valence-electron chi connectivity index (χ2n) is 4.16. The van der Waals surface area contributed by atoms with Gasteiger partial charge in [0.1, 0.15) is 0 Å². The number of nitrogens with one attached hydrogen (secondary N) is 1. The molecule has 0 radical (unpaired) electrons. The van der Waals surface area contributed by atoms with Crippen LogP contribution in [0.15, 0.2) is 0 Å². The lowest BCUT2D eigenvalue weighted by molar-refractivity contribution is -0.144. The third-order valence-electron chi connectivity index (χ3n) is 2.79. The summed E-state index contributed by atoms with van der Waals surface area (Å²) in [6.07, 6.45) is 2.78. The maximum absolute atomic E-state index is 11.5. The Labute approximate surface area is 107 Å². The molecule has 1 amide bonds. The summed E-state index contributed by atoms with van der Waals surface area (Å²) in [4.78, 5) is 22.5. The van der Waals surface area contributed by atoms with Crippen molar-refractivity contribution in [2.45, 2.75) is 32.6 Å². The summed E-state index contributed by atoms with van der Waals surface area (Å²) in [5.41, 5.74) is 0. The summed E-state index contributed by atoms with van der Waals surface area (Å²) in [5, 5.41) is 2.89. The molecule has 0 aliphatic carbocycles. The van der Waals surface area contributed by atoms with Crippen LogP contribution in [-0.2, 0) is 14.3 Å². The highest BCUT2D eigenvalue weighted by atomic mass is 32.2. The van der Waals surface area contributed by atoms with E-state index in [1.807, 2.05) is 11.8 Å². The molecule has 0 aromatic rings. The lowest BCUT2D eigenvalue weighted by Crippen LogP contribution is -2.31. The van der Waals surface area contributed by atoms with Crippen LogP contribution in [-0.4, -0.2) is 36.5 Å². The number of hydrogen-bond acceptors (Lipinski definition) is 4. The van der Waals surface area contributed by atoms with Crippen molar-refractivity contribution < 1.29 is 14.3 Å². The van der Waals surface area contributed by atoms with E-state index in [0.29, 0.717) is 12.5 Å². The molecule has 0 bridgehead atoms. The number of rotatable bonds is 6. The molecule has 1 fully saturated rings. The zero-order chi connectivity index (χ0) is 12.5. The third-order valence-corrected chi connectivity index (χ3v) is 3.84. The van der Waals surface area contributed by atoms with Gasteiger partial charge in [-0.25, -0.2) is 0 Å². The van der Waals surface area contributed by atoms with E-state index in [1.54, 1.807) is 6.92 Å². The van der Waals surface area contributed by atoms with E-state index < -0.39 is 0 Å². The standard InChI is InChI=1S/C12H21NO3S/c1-2-16-12(15)4-3-11(14)13-9-10-5-7-17-8-6-10/h10H,2-9H2,1H3,(H,13,14). The Morgan fingerprint density at radius 1 is 1.29 bits per heavy atom. The van der Waals surface area contributed by atoms with Gasteiger partial charge in [-0.15, -0.1) is 0 Å². The topological polar surface area (TPSA) is 55.4 Å². The summed E-state index contributed by atoms with van der Waals surface area (Å²) in [6.45, 7) is 2.89. The molecule has 0 saturated carbocycles. The second-order valence-corrected chi connectivity index (χ2v) is 5.39. The van der Waals surface area contributed by atoms with E-state index in [4.69, 9.17) is 4.74 Å². The Kier molecular flexibility index (Phi) is 7.08. The fourth-order valence-electron chi connectivity index (χ4n) is 1.75. The first kappa shape index (κ1) is 14.4. The molecule has 5 heteroatoms. The second kappa shape index (κ2) is 8.39. The monoisotopic (exact) mass is 259 g/mol. The molecule has 0 aromatic carbocycles. The summed E-state index contributed by atoms with van der Waals surface area (Å²) in [6, 6.07) is 0. The Hall–Kier alpha value is -0.710. The Bertz CT molecular complexity index is 252. The largest absolute Gasteiger partial charge is 0.466 e.